The molecule has 0 bridgehead atoms. The van der Waals surface area contributed by atoms with E-state index in [9.17, 15) is 0 Å². The summed E-state index contributed by atoms with van der Waals surface area (Å²) in [5.41, 5.74) is 1.41. The second-order valence-electron chi connectivity index (χ2n) is 3.99. The Morgan fingerprint density at radius 2 is 2.21 bits per heavy atom. The fourth-order valence-electron chi connectivity index (χ4n) is 2.38. The van der Waals surface area contributed by atoms with Crippen LogP contribution in [0.2, 0.25) is 0 Å². The summed E-state index contributed by atoms with van der Waals surface area (Å²) in [6, 6.07) is 0. The van der Waals surface area contributed by atoms with Gasteiger partial charge in [-0.2, -0.15) is 0 Å². The van der Waals surface area contributed by atoms with Gasteiger partial charge in [0.2, 0.25) is 0 Å². The van der Waals surface area contributed by atoms with Gasteiger partial charge in [-0.15, -0.1) is 0 Å². The molecule has 1 fully saturated rings. The van der Waals surface area contributed by atoms with Gasteiger partial charge in [-0.3, -0.25) is 0 Å². The lowest BCUT2D eigenvalue weighted by atomic mass is 9.86. The summed E-state index contributed by atoms with van der Waals surface area (Å²) in [5, 5.41) is 3.61. The number of nitrogens with one attached hydrogen (secondary N) is 1. The van der Waals surface area contributed by atoms with E-state index >= 15 is 0 Å². The van der Waals surface area contributed by atoms with E-state index in [1.807, 2.05) is 12.4 Å². The molecule has 0 amide bonds. The Balaban J connectivity index is 2.27. The topological polar surface area (TPSA) is 37.8 Å². The Labute approximate surface area is 85.0 Å². The molecule has 0 saturated carbocycles. The van der Waals surface area contributed by atoms with Crippen LogP contribution >= 0.6 is 0 Å². The van der Waals surface area contributed by atoms with Crippen LogP contribution in [0.15, 0.2) is 18.7 Å². The van der Waals surface area contributed by atoms with Crippen molar-refractivity contribution in [2.24, 2.45) is 0 Å². The van der Waals surface area contributed by atoms with Crippen LogP contribution in [0, 0.1) is 0 Å². The number of hydrogen-bond acceptors (Lipinski definition) is 3. The van der Waals surface area contributed by atoms with E-state index in [0.717, 1.165) is 6.54 Å². The molecule has 14 heavy (non-hydrogen) atoms. The monoisotopic (exact) mass is 191 g/mol. The minimum atomic E-state index is 0.163. The third-order valence-corrected chi connectivity index (χ3v) is 3.03. The quantitative estimate of drug-likeness (QED) is 0.792. The van der Waals surface area contributed by atoms with E-state index in [1.54, 1.807) is 6.33 Å². The van der Waals surface area contributed by atoms with Gasteiger partial charge in [-0.1, -0.05) is 13.3 Å². The molecule has 3 nitrogen and oxygen atoms in total. The van der Waals surface area contributed by atoms with Crippen LogP contribution in [0.5, 0.6) is 0 Å². The molecule has 2 heterocycles. The summed E-state index contributed by atoms with van der Waals surface area (Å²) in [7, 11) is 0. The lowest BCUT2D eigenvalue weighted by Gasteiger charge is -2.29. The van der Waals surface area contributed by atoms with Gasteiger partial charge < -0.3 is 5.32 Å². The normalized spacial score (nSPS) is 26.6. The highest BCUT2D eigenvalue weighted by Crippen LogP contribution is 2.34. The summed E-state index contributed by atoms with van der Waals surface area (Å²) in [4.78, 5) is 8.21. The van der Waals surface area contributed by atoms with Gasteiger partial charge in [0.1, 0.15) is 6.33 Å². The van der Waals surface area contributed by atoms with Gasteiger partial charge in [0, 0.05) is 23.5 Å². The molecule has 1 aliphatic rings. The molecule has 1 aliphatic heterocycles. The first kappa shape index (κ1) is 9.59. The number of rotatable bonds is 3. The van der Waals surface area contributed by atoms with Crippen molar-refractivity contribution in [1.82, 2.24) is 15.3 Å². The van der Waals surface area contributed by atoms with Crippen molar-refractivity contribution in [3.8, 4) is 0 Å². The third-order valence-electron chi connectivity index (χ3n) is 3.03. The predicted molar refractivity (Wildman–Crippen MR) is 55.9 cm³/mol. The highest BCUT2D eigenvalue weighted by Gasteiger charge is 2.34. The number of aromatic nitrogens is 2. The Hall–Kier alpha value is -0.960. The van der Waals surface area contributed by atoms with Crippen molar-refractivity contribution >= 4 is 0 Å². The summed E-state index contributed by atoms with van der Waals surface area (Å²) < 4.78 is 0. The lowest BCUT2D eigenvalue weighted by Crippen LogP contribution is -2.36. The van der Waals surface area contributed by atoms with Crippen LogP contribution in [0.1, 0.15) is 38.2 Å². The average Bonchev–Trinajstić information content (AvgIpc) is 2.70. The molecule has 1 unspecified atom stereocenters. The van der Waals surface area contributed by atoms with Gasteiger partial charge in [0.15, 0.2) is 0 Å². The summed E-state index contributed by atoms with van der Waals surface area (Å²) in [6.45, 7) is 3.35. The number of nitrogens with zero attached hydrogens (tertiary/aromatic N) is 2. The fourth-order valence-corrected chi connectivity index (χ4v) is 2.38. The molecule has 0 spiro atoms. The molecule has 0 radical (unpaired) electrons. The molecule has 1 aromatic heterocycles. The molecular weight excluding hydrogens is 174 g/mol. The van der Waals surface area contributed by atoms with Crippen LogP contribution in [0.4, 0.5) is 0 Å². The van der Waals surface area contributed by atoms with Crippen molar-refractivity contribution in [2.75, 3.05) is 6.54 Å². The van der Waals surface area contributed by atoms with Crippen LogP contribution in [-0.4, -0.2) is 16.5 Å². The zero-order chi connectivity index (χ0) is 9.86. The summed E-state index contributed by atoms with van der Waals surface area (Å²) >= 11 is 0. The molecule has 76 valence electrons. The lowest BCUT2D eigenvalue weighted by molar-refractivity contribution is 0.353. The van der Waals surface area contributed by atoms with Crippen LogP contribution in [-0.2, 0) is 5.54 Å². The van der Waals surface area contributed by atoms with Gasteiger partial charge in [0.05, 0.1) is 0 Å². The van der Waals surface area contributed by atoms with Crippen molar-refractivity contribution in [2.45, 2.75) is 38.1 Å². The molecule has 1 N–H and O–H groups in total. The Bertz CT molecular complexity index is 278. The van der Waals surface area contributed by atoms with Crippen molar-refractivity contribution in [3.05, 3.63) is 24.3 Å². The summed E-state index contributed by atoms with van der Waals surface area (Å²) in [5.74, 6) is 0. The highest BCUT2D eigenvalue weighted by atomic mass is 15.0. The van der Waals surface area contributed by atoms with E-state index in [4.69, 9.17) is 0 Å². The standard InChI is InChI=1S/C11H17N3/c1-2-4-11(5-3-6-14-11)10-7-12-9-13-8-10/h7-9,14H,2-6H2,1H3. The first-order valence-electron chi connectivity index (χ1n) is 5.38. The van der Waals surface area contributed by atoms with Crippen molar-refractivity contribution < 1.29 is 0 Å². The minimum absolute atomic E-state index is 0.163. The maximum atomic E-state index is 4.11. The van der Waals surface area contributed by atoms with E-state index in [-0.39, 0.29) is 5.54 Å². The zero-order valence-electron chi connectivity index (χ0n) is 8.66. The zero-order valence-corrected chi connectivity index (χ0v) is 8.66. The summed E-state index contributed by atoms with van der Waals surface area (Å²) in [6.07, 6.45) is 10.3. The van der Waals surface area contributed by atoms with Crippen LogP contribution < -0.4 is 5.32 Å². The molecule has 1 atom stereocenters. The van der Waals surface area contributed by atoms with E-state index in [2.05, 4.69) is 22.2 Å². The highest BCUT2D eigenvalue weighted by molar-refractivity contribution is 5.19. The minimum Gasteiger partial charge on any atom is -0.307 e. The first-order chi connectivity index (χ1) is 6.87. The molecule has 0 aliphatic carbocycles. The van der Waals surface area contributed by atoms with Gasteiger partial charge in [-0.05, 0) is 25.8 Å². The van der Waals surface area contributed by atoms with Gasteiger partial charge >= 0.3 is 0 Å². The molecule has 1 aromatic rings. The Morgan fingerprint density at radius 1 is 1.43 bits per heavy atom. The average molecular weight is 191 g/mol. The van der Waals surface area contributed by atoms with Crippen LogP contribution in [0.25, 0.3) is 0 Å². The molecular formula is C11H17N3. The third kappa shape index (κ3) is 1.64. The molecule has 0 aromatic carbocycles. The Morgan fingerprint density at radius 3 is 2.79 bits per heavy atom. The van der Waals surface area contributed by atoms with Crippen LogP contribution in [0.3, 0.4) is 0 Å². The largest absolute Gasteiger partial charge is 0.307 e. The number of hydrogen-bond donors (Lipinski definition) is 1. The smallest absolute Gasteiger partial charge is 0.115 e. The predicted octanol–water partition coefficient (Wildman–Crippen LogP) is 1.86. The van der Waals surface area contributed by atoms with Crippen molar-refractivity contribution in [1.29, 1.82) is 0 Å². The Kier molecular flexibility index (Phi) is 2.77. The van der Waals surface area contributed by atoms with Crippen molar-refractivity contribution in [3.63, 3.8) is 0 Å². The maximum absolute atomic E-state index is 4.11. The second-order valence-corrected chi connectivity index (χ2v) is 3.99. The SMILES string of the molecule is CCCC1(c2cncnc2)CCCN1. The molecule has 3 heteroatoms. The maximum Gasteiger partial charge on any atom is 0.115 e. The second kappa shape index (κ2) is 4.05. The molecule has 2 rings (SSSR count). The van der Waals surface area contributed by atoms with Gasteiger partial charge in [-0.25, -0.2) is 9.97 Å². The van der Waals surface area contributed by atoms with Gasteiger partial charge in [0.25, 0.3) is 0 Å². The van der Waals surface area contributed by atoms with E-state index in [0.29, 0.717) is 0 Å². The fraction of sp³-hybridized carbons (Fsp3) is 0.636. The first-order valence-corrected chi connectivity index (χ1v) is 5.38. The van der Waals surface area contributed by atoms with E-state index < -0.39 is 0 Å². The molecule has 1 saturated heterocycles. The van der Waals surface area contributed by atoms with E-state index in [1.165, 1.54) is 31.2 Å².